The molecule has 1 aromatic rings. The van der Waals surface area contributed by atoms with Gasteiger partial charge in [0.25, 0.3) is 0 Å². The molecule has 3 rings (SSSR count). The fourth-order valence-corrected chi connectivity index (χ4v) is 3.66. The highest BCUT2D eigenvalue weighted by Gasteiger charge is 2.48. The van der Waals surface area contributed by atoms with Gasteiger partial charge in [-0.1, -0.05) is 30.2 Å². The number of morpholine rings is 1. The number of halogens is 1. The summed E-state index contributed by atoms with van der Waals surface area (Å²) in [6, 6.07) is 7.50. The predicted octanol–water partition coefficient (Wildman–Crippen LogP) is 2.46. The van der Waals surface area contributed by atoms with Crippen molar-refractivity contribution in [1.82, 2.24) is 4.90 Å². The molecule has 1 N–H and O–H groups in total. The molecule has 2 fully saturated rings. The van der Waals surface area contributed by atoms with Crippen LogP contribution in [0, 0.1) is 0 Å². The van der Waals surface area contributed by atoms with Gasteiger partial charge in [-0.15, -0.1) is 0 Å². The zero-order chi connectivity index (χ0) is 16.4. The van der Waals surface area contributed by atoms with E-state index in [-0.39, 0.29) is 12.3 Å². The number of nitrogens with zero attached hydrogens (tertiary/aromatic N) is 1. The van der Waals surface area contributed by atoms with Gasteiger partial charge in [-0.3, -0.25) is 9.59 Å². The van der Waals surface area contributed by atoms with E-state index < -0.39 is 17.5 Å². The van der Waals surface area contributed by atoms with E-state index in [1.54, 1.807) is 11.0 Å². The van der Waals surface area contributed by atoms with Gasteiger partial charge in [0.05, 0.1) is 24.5 Å². The molecule has 124 valence electrons. The van der Waals surface area contributed by atoms with Crippen LogP contribution in [0.4, 0.5) is 0 Å². The first kappa shape index (κ1) is 16.3. The molecular formula is C17H20ClNO4. The van der Waals surface area contributed by atoms with Gasteiger partial charge in [-0.25, -0.2) is 0 Å². The third-order valence-corrected chi connectivity index (χ3v) is 5.06. The van der Waals surface area contributed by atoms with Gasteiger partial charge in [0.1, 0.15) is 0 Å². The number of ether oxygens (including phenoxy) is 1. The topological polar surface area (TPSA) is 66.8 Å². The Kier molecular flexibility index (Phi) is 4.60. The Morgan fingerprint density at radius 2 is 2.17 bits per heavy atom. The average Bonchev–Trinajstić information content (AvgIpc) is 2.45. The highest BCUT2D eigenvalue weighted by atomic mass is 35.5. The number of rotatable bonds is 4. The highest BCUT2D eigenvalue weighted by molar-refractivity contribution is 6.30. The van der Waals surface area contributed by atoms with Crippen LogP contribution in [0.3, 0.4) is 0 Å². The lowest BCUT2D eigenvalue weighted by Gasteiger charge is -2.45. The molecule has 1 aliphatic heterocycles. The summed E-state index contributed by atoms with van der Waals surface area (Å²) in [7, 11) is 0. The first-order valence-electron chi connectivity index (χ1n) is 7.90. The monoisotopic (exact) mass is 337 g/mol. The van der Waals surface area contributed by atoms with Crippen LogP contribution in [0.5, 0.6) is 0 Å². The Balaban J connectivity index is 1.79. The molecule has 0 radical (unpaired) electrons. The molecule has 1 aliphatic carbocycles. The quantitative estimate of drug-likeness (QED) is 0.916. The number of hydrogen-bond acceptors (Lipinski definition) is 3. The molecule has 2 aliphatic rings. The number of aliphatic carboxylic acids is 1. The van der Waals surface area contributed by atoms with E-state index in [1.165, 1.54) is 0 Å². The molecule has 1 amide bonds. The third-order valence-electron chi connectivity index (χ3n) is 4.82. The number of carboxylic acid groups (broad SMARTS) is 1. The van der Waals surface area contributed by atoms with E-state index in [9.17, 15) is 9.59 Å². The molecule has 0 spiro atoms. The summed E-state index contributed by atoms with van der Waals surface area (Å²) < 4.78 is 5.46. The lowest BCUT2D eigenvalue weighted by molar-refractivity contribution is -0.153. The lowest BCUT2D eigenvalue weighted by atomic mass is 9.63. The number of benzene rings is 1. The van der Waals surface area contributed by atoms with Crippen LogP contribution in [-0.4, -0.2) is 47.7 Å². The van der Waals surface area contributed by atoms with Crippen LogP contribution in [0.2, 0.25) is 5.02 Å². The molecule has 1 saturated heterocycles. The van der Waals surface area contributed by atoms with Gasteiger partial charge in [-0.05, 0) is 30.5 Å². The second-order valence-electron chi connectivity index (χ2n) is 6.29. The number of carbonyl (C=O) groups excluding carboxylic acids is 1. The van der Waals surface area contributed by atoms with Gasteiger partial charge in [-0.2, -0.15) is 0 Å². The first-order chi connectivity index (χ1) is 11.0. The molecule has 1 aromatic carbocycles. The van der Waals surface area contributed by atoms with Gasteiger partial charge < -0.3 is 14.7 Å². The maximum atomic E-state index is 13.1. The number of carboxylic acids is 1. The van der Waals surface area contributed by atoms with Crippen molar-refractivity contribution in [1.29, 1.82) is 0 Å². The zero-order valence-corrected chi connectivity index (χ0v) is 13.6. The van der Waals surface area contributed by atoms with Crippen LogP contribution in [-0.2, 0) is 19.7 Å². The molecule has 1 atom stereocenters. The first-order valence-corrected chi connectivity index (χ1v) is 8.28. The van der Waals surface area contributed by atoms with E-state index in [1.807, 2.05) is 18.2 Å². The predicted molar refractivity (Wildman–Crippen MR) is 85.6 cm³/mol. The Labute approximate surface area is 140 Å². The Bertz CT molecular complexity index is 614. The van der Waals surface area contributed by atoms with Crippen molar-refractivity contribution in [2.24, 2.45) is 0 Å². The van der Waals surface area contributed by atoms with Crippen molar-refractivity contribution < 1.29 is 19.4 Å². The van der Waals surface area contributed by atoms with Crippen molar-refractivity contribution in [3.63, 3.8) is 0 Å². The van der Waals surface area contributed by atoms with Crippen molar-refractivity contribution >= 4 is 23.5 Å². The van der Waals surface area contributed by atoms with Crippen molar-refractivity contribution in [3.05, 3.63) is 34.9 Å². The van der Waals surface area contributed by atoms with Crippen LogP contribution in [0.15, 0.2) is 24.3 Å². The molecule has 6 heteroatoms. The smallest absolute Gasteiger partial charge is 0.306 e. The second kappa shape index (κ2) is 6.49. The maximum absolute atomic E-state index is 13.1. The lowest BCUT2D eigenvalue weighted by Crippen LogP contribution is -2.55. The van der Waals surface area contributed by atoms with E-state index in [0.717, 1.165) is 24.8 Å². The molecule has 0 aromatic heterocycles. The average molecular weight is 338 g/mol. The molecule has 1 unspecified atom stereocenters. The number of amides is 1. The van der Waals surface area contributed by atoms with E-state index in [0.29, 0.717) is 24.7 Å². The van der Waals surface area contributed by atoms with Gasteiger partial charge in [0.2, 0.25) is 5.91 Å². The van der Waals surface area contributed by atoms with Crippen molar-refractivity contribution in [2.75, 3.05) is 19.7 Å². The van der Waals surface area contributed by atoms with E-state index in [2.05, 4.69) is 0 Å². The van der Waals surface area contributed by atoms with E-state index in [4.69, 9.17) is 21.4 Å². The summed E-state index contributed by atoms with van der Waals surface area (Å²) in [5.41, 5.74) is 0.457. The Morgan fingerprint density at radius 3 is 2.78 bits per heavy atom. The minimum absolute atomic E-state index is 0.0738. The molecule has 23 heavy (non-hydrogen) atoms. The van der Waals surface area contributed by atoms with Gasteiger partial charge in [0.15, 0.2) is 0 Å². The summed E-state index contributed by atoms with van der Waals surface area (Å²) in [4.78, 5) is 25.8. The van der Waals surface area contributed by atoms with Crippen molar-refractivity contribution in [3.8, 4) is 0 Å². The summed E-state index contributed by atoms with van der Waals surface area (Å²) in [6.45, 7) is 1.24. The molecule has 0 bridgehead atoms. The van der Waals surface area contributed by atoms with E-state index >= 15 is 0 Å². The molecule has 1 saturated carbocycles. The second-order valence-corrected chi connectivity index (χ2v) is 6.72. The summed E-state index contributed by atoms with van der Waals surface area (Å²) in [5.74, 6) is -0.831. The van der Waals surface area contributed by atoms with Crippen LogP contribution >= 0.6 is 11.6 Å². The largest absolute Gasteiger partial charge is 0.481 e. The maximum Gasteiger partial charge on any atom is 0.306 e. The third kappa shape index (κ3) is 3.21. The Morgan fingerprint density at radius 1 is 1.39 bits per heavy atom. The SMILES string of the molecule is O=C(O)CC1CN(C(=O)C2(c3cccc(Cl)c3)CCC2)CCO1. The number of hydrogen-bond donors (Lipinski definition) is 1. The summed E-state index contributed by atoms with van der Waals surface area (Å²) in [6.07, 6.45) is 2.14. The summed E-state index contributed by atoms with van der Waals surface area (Å²) >= 11 is 6.09. The minimum atomic E-state index is -0.905. The molecule has 1 heterocycles. The normalized spacial score (nSPS) is 23.2. The van der Waals surface area contributed by atoms with Crippen LogP contribution in [0.1, 0.15) is 31.2 Å². The van der Waals surface area contributed by atoms with Crippen LogP contribution in [0.25, 0.3) is 0 Å². The molecule has 5 nitrogen and oxygen atoms in total. The Hall–Kier alpha value is -1.59. The van der Waals surface area contributed by atoms with Gasteiger partial charge >= 0.3 is 5.97 Å². The molecular weight excluding hydrogens is 318 g/mol. The van der Waals surface area contributed by atoms with Crippen molar-refractivity contribution in [2.45, 2.75) is 37.2 Å². The number of carbonyl (C=O) groups is 2. The highest BCUT2D eigenvalue weighted by Crippen LogP contribution is 2.46. The summed E-state index contributed by atoms with van der Waals surface area (Å²) in [5, 5.41) is 9.55. The standard InChI is InChI=1S/C17H20ClNO4/c18-13-4-1-3-12(9-13)17(5-2-6-17)16(22)19-7-8-23-14(11-19)10-15(20)21/h1,3-4,9,14H,2,5-8,10-11H2,(H,20,21). The zero-order valence-electron chi connectivity index (χ0n) is 12.8. The van der Waals surface area contributed by atoms with Gasteiger partial charge in [0, 0.05) is 18.1 Å². The fraction of sp³-hybridized carbons (Fsp3) is 0.529. The minimum Gasteiger partial charge on any atom is -0.481 e. The fourth-order valence-electron chi connectivity index (χ4n) is 3.47. The van der Waals surface area contributed by atoms with Crippen LogP contribution < -0.4 is 0 Å².